The molecule has 0 saturated carbocycles. The van der Waals surface area contributed by atoms with Crippen LogP contribution in [-0.2, 0) is 0 Å². The Labute approximate surface area is 128 Å². The maximum absolute atomic E-state index is 2.47. The Morgan fingerprint density at radius 3 is 1.72 bits per heavy atom. The van der Waals surface area contributed by atoms with E-state index < -0.39 is 0 Å². The smallest absolute Gasteiger partial charge is 0.000473 e. The summed E-state index contributed by atoms with van der Waals surface area (Å²) in [6.07, 6.45) is 24.1. The number of alkyl halides is 1. The molecule has 0 aromatic heterocycles. The Hall–Kier alpha value is 0.210. The fraction of sp³-hybridized carbons (Fsp3) is 0.765. The molecule has 0 aromatic rings. The zero-order chi connectivity index (χ0) is 13.3. The third-order valence-corrected chi connectivity index (χ3v) is 3.87. The van der Waals surface area contributed by atoms with E-state index in [4.69, 9.17) is 0 Å². The molecule has 1 heteroatoms. The SMILES string of the molecule is CCCC/C=C/C=C\CCCCCCCCCI. The van der Waals surface area contributed by atoms with E-state index in [1.807, 2.05) is 0 Å². The van der Waals surface area contributed by atoms with Crippen LogP contribution in [0.1, 0.15) is 77.6 Å². The Morgan fingerprint density at radius 1 is 0.667 bits per heavy atom. The quantitative estimate of drug-likeness (QED) is 0.146. The lowest BCUT2D eigenvalue weighted by molar-refractivity contribution is 0.594. The van der Waals surface area contributed by atoms with E-state index in [9.17, 15) is 0 Å². The Balaban J connectivity index is 3.10. The topological polar surface area (TPSA) is 0 Å². The molecule has 0 rings (SSSR count). The highest BCUT2D eigenvalue weighted by Crippen LogP contribution is 2.09. The average molecular weight is 362 g/mol. The number of allylic oxidation sites excluding steroid dienone is 4. The second-order valence-electron chi connectivity index (χ2n) is 4.95. The summed E-state index contributed by atoms with van der Waals surface area (Å²) in [5, 5.41) is 0. The summed E-state index contributed by atoms with van der Waals surface area (Å²) in [5.74, 6) is 0. The Kier molecular flexibility index (Phi) is 17.4. The molecule has 0 aliphatic heterocycles. The van der Waals surface area contributed by atoms with Crippen molar-refractivity contribution in [2.75, 3.05) is 4.43 Å². The van der Waals surface area contributed by atoms with E-state index in [-0.39, 0.29) is 0 Å². The molecule has 0 spiro atoms. The summed E-state index contributed by atoms with van der Waals surface area (Å²) < 4.78 is 1.33. The van der Waals surface area contributed by atoms with Crippen molar-refractivity contribution in [2.45, 2.75) is 77.6 Å². The summed E-state index contributed by atoms with van der Waals surface area (Å²) in [7, 11) is 0. The van der Waals surface area contributed by atoms with Crippen molar-refractivity contribution in [3.8, 4) is 0 Å². The third-order valence-electron chi connectivity index (χ3n) is 3.11. The van der Waals surface area contributed by atoms with Gasteiger partial charge in [0.15, 0.2) is 0 Å². The van der Waals surface area contributed by atoms with E-state index in [0.717, 1.165) is 0 Å². The van der Waals surface area contributed by atoms with Crippen molar-refractivity contribution in [2.24, 2.45) is 0 Å². The molecule has 0 N–H and O–H groups in total. The van der Waals surface area contributed by atoms with Crippen molar-refractivity contribution in [1.82, 2.24) is 0 Å². The predicted molar refractivity (Wildman–Crippen MR) is 93.6 cm³/mol. The standard InChI is InChI=1S/C17H31I/c1-2-3-4-5-6-7-8-9-10-11-12-13-14-15-16-17-18/h5-8H,2-4,9-17H2,1H3/b6-5+,8-7-. The largest absolute Gasteiger partial charge is 0.0864 e. The monoisotopic (exact) mass is 362 g/mol. The lowest BCUT2D eigenvalue weighted by atomic mass is 10.1. The maximum atomic E-state index is 2.47. The molecular formula is C17H31I. The molecule has 0 radical (unpaired) electrons. The lowest BCUT2D eigenvalue weighted by Gasteiger charge is -1.99. The predicted octanol–water partition coefficient (Wildman–Crippen LogP) is 6.84. The fourth-order valence-corrected chi connectivity index (χ4v) is 2.45. The third kappa shape index (κ3) is 16.2. The molecule has 0 fully saturated rings. The zero-order valence-electron chi connectivity index (χ0n) is 12.2. The molecule has 106 valence electrons. The highest BCUT2D eigenvalue weighted by Gasteiger charge is 1.90. The molecule has 0 bridgehead atoms. The first-order valence-corrected chi connectivity index (χ1v) is 9.32. The van der Waals surface area contributed by atoms with Crippen LogP contribution in [0.5, 0.6) is 0 Å². The first-order chi connectivity index (χ1) is 8.91. The molecular weight excluding hydrogens is 331 g/mol. The molecule has 0 amide bonds. The number of halogens is 1. The van der Waals surface area contributed by atoms with Crippen molar-refractivity contribution < 1.29 is 0 Å². The normalized spacial score (nSPS) is 11.9. The van der Waals surface area contributed by atoms with Crippen molar-refractivity contribution in [3.05, 3.63) is 24.3 Å². The molecule has 0 aromatic carbocycles. The van der Waals surface area contributed by atoms with E-state index in [1.54, 1.807) is 0 Å². The summed E-state index contributed by atoms with van der Waals surface area (Å²) in [5.41, 5.74) is 0. The Bertz CT molecular complexity index is 194. The highest BCUT2D eigenvalue weighted by atomic mass is 127. The summed E-state index contributed by atoms with van der Waals surface area (Å²) in [6.45, 7) is 2.24. The van der Waals surface area contributed by atoms with Gasteiger partial charge in [-0.3, -0.25) is 0 Å². The highest BCUT2D eigenvalue weighted by molar-refractivity contribution is 14.1. The van der Waals surface area contributed by atoms with Gasteiger partial charge >= 0.3 is 0 Å². The van der Waals surface area contributed by atoms with Crippen LogP contribution in [0.15, 0.2) is 24.3 Å². The van der Waals surface area contributed by atoms with Crippen LogP contribution in [0.3, 0.4) is 0 Å². The van der Waals surface area contributed by atoms with Gasteiger partial charge in [0.25, 0.3) is 0 Å². The van der Waals surface area contributed by atoms with Gasteiger partial charge in [-0.15, -0.1) is 0 Å². The van der Waals surface area contributed by atoms with Gasteiger partial charge in [0.2, 0.25) is 0 Å². The van der Waals surface area contributed by atoms with Gasteiger partial charge in [0.05, 0.1) is 0 Å². The van der Waals surface area contributed by atoms with Crippen LogP contribution < -0.4 is 0 Å². The first-order valence-electron chi connectivity index (χ1n) is 7.79. The molecule has 18 heavy (non-hydrogen) atoms. The van der Waals surface area contributed by atoms with Crippen LogP contribution in [-0.4, -0.2) is 4.43 Å². The van der Waals surface area contributed by atoms with Crippen molar-refractivity contribution in [3.63, 3.8) is 0 Å². The van der Waals surface area contributed by atoms with E-state index >= 15 is 0 Å². The molecule has 0 aliphatic carbocycles. The van der Waals surface area contributed by atoms with Gasteiger partial charge in [0, 0.05) is 0 Å². The summed E-state index contributed by atoms with van der Waals surface area (Å²) >= 11 is 2.47. The average Bonchev–Trinajstić information content (AvgIpc) is 2.39. The number of hydrogen-bond acceptors (Lipinski definition) is 0. The number of rotatable bonds is 13. The van der Waals surface area contributed by atoms with Crippen molar-refractivity contribution >= 4 is 22.6 Å². The summed E-state index contributed by atoms with van der Waals surface area (Å²) in [6, 6.07) is 0. The molecule has 0 atom stereocenters. The van der Waals surface area contributed by atoms with Crippen LogP contribution >= 0.6 is 22.6 Å². The summed E-state index contributed by atoms with van der Waals surface area (Å²) in [4.78, 5) is 0. The molecule has 0 nitrogen and oxygen atoms in total. The number of hydrogen-bond donors (Lipinski definition) is 0. The van der Waals surface area contributed by atoms with Gasteiger partial charge in [-0.1, -0.05) is 98.8 Å². The van der Waals surface area contributed by atoms with Gasteiger partial charge < -0.3 is 0 Å². The van der Waals surface area contributed by atoms with E-state index in [0.29, 0.717) is 0 Å². The number of unbranched alkanes of at least 4 members (excludes halogenated alkanes) is 9. The van der Waals surface area contributed by atoms with Crippen molar-refractivity contribution in [1.29, 1.82) is 0 Å². The Morgan fingerprint density at radius 2 is 1.17 bits per heavy atom. The van der Waals surface area contributed by atoms with E-state index in [1.165, 1.54) is 75.1 Å². The zero-order valence-corrected chi connectivity index (χ0v) is 14.3. The maximum Gasteiger partial charge on any atom is -0.000473 e. The van der Waals surface area contributed by atoms with Gasteiger partial charge in [-0.25, -0.2) is 0 Å². The lowest BCUT2D eigenvalue weighted by Crippen LogP contribution is -1.80. The molecule has 0 saturated heterocycles. The molecule has 0 heterocycles. The minimum absolute atomic E-state index is 1.23. The van der Waals surface area contributed by atoms with Crippen LogP contribution in [0, 0.1) is 0 Å². The van der Waals surface area contributed by atoms with E-state index in [2.05, 4.69) is 53.8 Å². The first kappa shape index (κ1) is 18.2. The second-order valence-corrected chi connectivity index (χ2v) is 6.03. The fourth-order valence-electron chi connectivity index (χ4n) is 1.91. The minimum atomic E-state index is 1.23. The van der Waals surface area contributed by atoms with Crippen LogP contribution in [0.2, 0.25) is 0 Å². The van der Waals surface area contributed by atoms with Gasteiger partial charge in [-0.2, -0.15) is 0 Å². The molecule has 0 unspecified atom stereocenters. The van der Waals surface area contributed by atoms with Crippen LogP contribution in [0.25, 0.3) is 0 Å². The van der Waals surface area contributed by atoms with Gasteiger partial charge in [-0.05, 0) is 30.1 Å². The molecule has 0 aliphatic rings. The van der Waals surface area contributed by atoms with Crippen LogP contribution in [0.4, 0.5) is 0 Å². The minimum Gasteiger partial charge on any atom is -0.0864 e. The second kappa shape index (κ2) is 17.2. The van der Waals surface area contributed by atoms with Gasteiger partial charge in [0.1, 0.15) is 0 Å².